The predicted octanol–water partition coefficient (Wildman–Crippen LogP) is 5.28. The van der Waals surface area contributed by atoms with E-state index in [1.165, 1.54) is 7.11 Å². The second kappa shape index (κ2) is 10.1. The van der Waals surface area contributed by atoms with Gasteiger partial charge in [-0.15, -0.1) is 0 Å². The number of cyclic esters (lactones) is 1. The van der Waals surface area contributed by atoms with Gasteiger partial charge in [0.05, 0.1) is 13.2 Å². The van der Waals surface area contributed by atoms with Crippen LogP contribution < -0.4 is 9.47 Å². The van der Waals surface area contributed by atoms with Crippen molar-refractivity contribution in [3.05, 3.63) is 64.2 Å². The van der Waals surface area contributed by atoms with Gasteiger partial charge in [0.15, 0.2) is 0 Å². The van der Waals surface area contributed by atoms with Crippen molar-refractivity contribution in [2.24, 2.45) is 5.92 Å². The van der Waals surface area contributed by atoms with E-state index in [0.717, 1.165) is 5.56 Å². The summed E-state index contributed by atoms with van der Waals surface area (Å²) in [5.41, 5.74) is 2.79. The van der Waals surface area contributed by atoms with Gasteiger partial charge in [0.25, 0.3) is 0 Å². The molecule has 0 saturated heterocycles. The van der Waals surface area contributed by atoms with Gasteiger partial charge in [0, 0.05) is 11.1 Å². The maximum Gasteiger partial charge on any atom is 0.346 e. The van der Waals surface area contributed by atoms with Crippen LogP contribution in [-0.2, 0) is 16.1 Å². The number of carbonyl (C=O) groups is 2. The maximum atomic E-state index is 13.0. The van der Waals surface area contributed by atoms with Crippen LogP contribution in [0.3, 0.4) is 0 Å². The zero-order valence-corrected chi connectivity index (χ0v) is 19.7. The Labute approximate surface area is 193 Å². The molecule has 0 saturated carbocycles. The van der Waals surface area contributed by atoms with E-state index in [1.54, 1.807) is 31.2 Å². The second-order valence-corrected chi connectivity index (χ2v) is 8.72. The van der Waals surface area contributed by atoms with E-state index in [4.69, 9.17) is 18.9 Å². The molecular weight excluding hydrogens is 424 g/mol. The molecule has 0 radical (unpaired) electrons. The van der Waals surface area contributed by atoms with Crippen molar-refractivity contribution in [2.75, 3.05) is 13.7 Å². The summed E-state index contributed by atoms with van der Waals surface area (Å²) in [7, 11) is 1.42. The average Bonchev–Trinajstić information content (AvgIpc) is 2.74. The highest BCUT2D eigenvalue weighted by Gasteiger charge is 2.31. The van der Waals surface area contributed by atoms with Crippen LogP contribution in [0.25, 0.3) is 0 Å². The van der Waals surface area contributed by atoms with Crippen molar-refractivity contribution in [3.8, 4) is 17.2 Å². The molecule has 1 atom stereocenters. The number of fused-ring (bicyclic) bond motifs is 2. The van der Waals surface area contributed by atoms with Gasteiger partial charge < -0.3 is 24.1 Å². The molecular formula is C26H30O7. The van der Waals surface area contributed by atoms with Crippen LogP contribution in [-0.4, -0.2) is 30.8 Å². The smallest absolute Gasteiger partial charge is 0.346 e. The molecule has 7 heteroatoms. The van der Waals surface area contributed by atoms with Gasteiger partial charge >= 0.3 is 11.9 Å². The first-order valence-corrected chi connectivity index (χ1v) is 10.8. The van der Waals surface area contributed by atoms with Gasteiger partial charge in [-0.2, -0.15) is 0 Å². The van der Waals surface area contributed by atoms with Crippen molar-refractivity contribution < 1.29 is 33.6 Å². The summed E-state index contributed by atoms with van der Waals surface area (Å²) in [4.78, 5) is 25.8. The summed E-state index contributed by atoms with van der Waals surface area (Å²) in [5, 5.41) is 10.7. The van der Waals surface area contributed by atoms with Crippen molar-refractivity contribution in [3.63, 3.8) is 0 Å². The fourth-order valence-corrected chi connectivity index (χ4v) is 3.73. The van der Waals surface area contributed by atoms with E-state index >= 15 is 0 Å². The molecule has 176 valence electrons. The second-order valence-electron chi connectivity index (χ2n) is 8.72. The highest BCUT2D eigenvalue weighted by molar-refractivity contribution is 5.98. The third-order valence-electron chi connectivity index (χ3n) is 5.16. The van der Waals surface area contributed by atoms with Crippen LogP contribution in [0, 0.1) is 12.8 Å². The molecule has 2 aromatic carbocycles. The Morgan fingerprint density at radius 2 is 2.00 bits per heavy atom. The highest BCUT2D eigenvalue weighted by atomic mass is 16.6. The molecule has 1 N–H and O–H groups in total. The molecule has 2 aromatic rings. The molecule has 0 aromatic heterocycles. The molecule has 0 fully saturated rings. The minimum absolute atomic E-state index is 0.0604. The predicted molar refractivity (Wildman–Crippen MR) is 123 cm³/mol. The molecule has 3 rings (SSSR count). The minimum atomic E-state index is -0.828. The number of benzene rings is 2. The van der Waals surface area contributed by atoms with Crippen LogP contribution in [0.5, 0.6) is 17.2 Å². The molecule has 7 nitrogen and oxygen atoms in total. The lowest BCUT2D eigenvalue weighted by atomic mass is 9.96. The Bertz CT molecular complexity index is 1080. The quantitative estimate of drug-likeness (QED) is 0.450. The lowest BCUT2D eigenvalue weighted by Gasteiger charge is -2.24. The third-order valence-corrected chi connectivity index (χ3v) is 5.16. The first-order chi connectivity index (χ1) is 15.6. The molecule has 1 aliphatic rings. The summed E-state index contributed by atoms with van der Waals surface area (Å²) < 4.78 is 22.5. The van der Waals surface area contributed by atoms with Crippen molar-refractivity contribution in [1.82, 2.24) is 0 Å². The Balaban J connectivity index is 2.12. The molecule has 1 aliphatic heterocycles. The highest BCUT2D eigenvalue weighted by Crippen LogP contribution is 2.42. The van der Waals surface area contributed by atoms with E-state index in [9.17, 15) is 14.7 Å². The Morgan fingerprint density at radius 1 is 1.27 bits per heavy atom. The van der Waals surface area contributed by atoms with Crippen LogP contribution in [0.4, 0.5) is 0 Å². The number of hydrogen-bond donors (Lipinski definition) is 1. The normalized spacial score (nSPS) is 13.6. The lowest BCUT2D eigenvalue weighted by Crippen LogP contribution is -2.17. The first kappa shape index (κ1) is 24.3. The van der Waals surface area contributed by atoms with Crippen LogP contribution in [0.2, 0.25) is 0 Å². The minimum Gasteiger partial charge on any atom is -0.495 e. The number of hydrogen-bond acceptors (Lipinski definition) is 7. The fourth-order valence-electron chi connectivity index (χ4n) is 3.73. The number of esters is 2. The Morgan fingerprint density at radius 3 is 2.64 bits per heavy atom. The van der Waals surface area contributed by atoms with E-state index in [0.29, 0.717) is 23.1 Å². The molecule has 0 amide bonds. The summed E-state index contributed by atoms with van der Waals surface area (Å²) >= 11 is 0. The van der Waals surface area contributed by atoms with Gasteiger partial charge in [-0.25, -0.2) is 9.59 Å². The molecule has 0 aliphatic carbocycles. The van der Waals surface area contributed by atoms with Crippen LogP contribution in [0.15, 0.2) is 36.4 Å². The number of aliphatic hydroxyl groups excluding tert-OH is 1. The van der Waals surface area contributed by atoms with Crippen molar-refractivity contribution in [2.45, 2.75) is 46.8 Å². The maximum absolute atomic E-state index is 13.0. The van der Waals surface area contributed by atoms with E-state index in [1.807, 2.05) is 20.8 Å². The number of aryl methyl sites for hydroxylation is 1. The first-order valence-electron chi connectivity index (χ1n) is 10.8. The van der Waals surface area contributed by atoms with Crippen LogP contribution in [0.1, 0.15) is 70.7 Å². The van der Waals surface area contributed by atoms with Gasteiger partial charge in [-0.05, 0) is 61.6 Å². The average molecular weight is 455 g/mol. The number of methoxy groups -OCH3 is 1. The van der Waals surface area contributed by atoms with Crippen LogP contribution >= 0.6 is 0 Å². The Kier molecular flexibility index (Phi) is 7.43. The summed E-state index contributed by atoms with van der Waals surface area (Å²) in [6.45, 7) is 11.3. The zero-order valence-electron chi connectivity index (χ0n) is 19.7. The lowest BCUT2D eigenvalue weighted by molar-refractivity contribution is 0.0454. The van der Waals surface area contributed by atoms with Gasteiger partial charge in [-0.3, -0.25) is 0 Å². The van der Waals surface area contributed by atoms with Gasteiger partial charge in [-0.1, -0.05) is 20.4 Å². The van der Waals surface area contributed by atoms with Gasteiger partial charge in [0.2, 0.25) is 0 Å². The fraction of sp³-hybridized carbons (Fsp3) is 0.385. The number of aliphatic hydroxyl groups is 1. The Hall–Kier alpha value is -3.32. The largest absolute Gasteiger partial charge is 0.495 e. The SMILES string of the molecule is C=C(C)COC(=O)c1cc(C)cc2c1Oc1ccc(C(O)CC(C)C)c(OC)c1C(=O)OC2. The number of carbonyl (C=O) groups excluding carboxylic acids is 2. The molecule has 33 heavy (non-hydrogen) atoms. The summed E-state index contributed by atoms with van der Waals surface area (Å²) in [6, 6.07) is 6.70. The number of rotatable bonds is 7. The molecule has 0 spiro atoms. The van der Waals surface area contributed by atoms with E-state index in [-0.39, 0.29) is 47.5 Å². The standard InChI is InChI=1S/C26H30O7/c1-14(2)9-20(27)18-7-8-21-22(24(18)30-6)26(29)32-13-17-10-16(5)11-19(23(17)33-21)25(28)31-12-15(3)4/h7-8,10-11,14,20,27H,3,9,12-13H2,1-2,4-6H3. The number of ether oxygens (including phenoxy) is 4. The van der Waals surface area contributed by atoms with Gasteiger partial charge in [0.1, 0.15) is 41.6 Å². The van der Waals surface area contributed by atoms with E-state index < -0.39 is 18.0 Å². The van der Waals surface area contributed by atoms with E-state index in [2.05, 4.69) is 6.58 Å². The monoisotopic (exact) mass is 454 g/mol. The molecule has 0 bridgehead atoms. The molecule has 1 unspecified atom stereocenters. The van der Waals surface area contributed by atoms with Crippen molar-refractivity contribution in [1.29, 1.82) is 0 Å². The summed E-state index contributed by atoms with van der Waals surface area (Å²) in [5.74, 6) is -0.374. The zero-order chi connectivity index (χ0) is 24.3. The third kappa shape index (κ3) is 5.37. The molecule has 1 heterocycles. The topological polar surface area (TPSA) is 91.3 Å². The van der Waals surface area contributed by atoms with Crippen molar-refractivity contribution >= 4 is 11.9 Å². The summed E-state index contributed by atoms with van der Waals surface area (Å²) in [6.07, 6.45) is -0.336.